The topological polar surface area (TPSA) is 49.9 Å². The molecule has 27 heavy (non-hydrogen) atoms. The number of carbonyl (C=O) groups is 2. The predicted molar refractivity (Wildman–Crippen MR) is 98.8 cm³/mol. The number of benzene rings is 2. The van der Waals surface area contributed by atoms with E-state index in [9.17, 15) is 14.0 Å². The van der Waals surface area contributed by atoms with Gasteiger partial charge in [0.15, 0.2) is 0 Å². The molecule has 0 aromatic heterocycles. The molecule has 0 saturated carbocycles. The maximum Gasteiger partial charge on any atom is 0.256 e. The van der Waals surface area contributed by atoms with Crippen LogP contribution >= 0.6 is 0 Å². The molecule has 2 aromatic rings. The molecule has 0 spiro atoms. The van der Waals surface area contributed by atoms with Gasteiger partial charge in [0.1, 0.15) is 18.2 Å². The molecule has 5 nitrogen and oxygen atoms in total. The number of halogens is 1. The first-order chi connectivity index (χ1) is 13.1. The monoisotopic (exact) mass is 366 g/mol. The van der Waals surface area contributed by atoms with Crippen molar-refractivity contribution >= 4 is 17.9 Å². The highest BCUT2D eigenvalue weighted by atomic mass is 19.1. The predicted octanol–water partition coefficient (Wildman–Crippen LogP) is 2.59. The maximum absolute atomic E-state index is 13.8. The number of hydrogen-bond acceptors (Lipinski definition) is 3. The largest absolute Gasteiger partial charge is 0.488 e. The summed E-state index contributed by atoms with van der Waals surface area (Å²) >= 11 is 0. The van der Waals surface area contributed by atoms with E-state index >= 15 is 0 Å². The second-order valence-electron chi connectivity index (χ2n) is 6.56. The van der Waals surface area contributed by atoms with Crippen molar-refractivity contribution in [3.63, 3.8) is 0 Å². The van der Waals surface area contributed by atoms with Crippen LogP contribution in [0.1, 0.15) is 15.9 Å². The molecule has 2 aliphatic rings. The van der Waals surface area contributed by atoms with E-state index in [-0.39, 0.29) is 24.0 Å². The Hall–Kier alpha value is -3.15. The number of ether oxygens (including phenoxy) is 1. The first kappa shape index (κ1) is 17.3. The SMILES string of the molecule is O=C(C1=Cc2ccccc2OC1)N1CCN(C(=O)c2ccccc2F)CC1. The van der Waals surface area contributed by atoms with E-state index in [1.54, 1.807) is 21.9 Å². The number of hydrogen-bond donors (Lipinski definition) is 0. The van der Waals surface area contributed by atoms with Gasteiger partial charge < -0.3 is 14.5 Å². The van der Waals surface area contributed by atoms with Crippen molar-refractivity contribution in [3.8, 4) is 5.75 Å². The van der Waals surface area contributed by atoms with E-state index in [4.69, 9.17) is 4.74 Å². The van der Waals surface area contributed by atoms with Crippen LogP contribution in [-0.4, -0.2) is 54.4 Å². The molecule has 2 heterocycles. The summed E-state index contributed by atoms with van der Waals surface area (Å²) in [5.41, 5.74) is 1.56. The van der Waals surface area contributed by atoms with Crippen molar-refractivity contribution in [3.05, 3.63) is 71.0 Å². The van der Waals surface area contributed by atoms with Gasteiger partial charge in [-0.25, -0.2) is 4.39 Å². The van der Waals surface area contributed by atoms with Gasteiger partial charge in [-0.05, 0) is 24.3 Å². The van der Waals surface area contributed by atoms with E-state index in [1.807, 2.05) is 30.3 Å². The normalized spacial score (nSPS) is 16.3. The number of para-hydroxylation sites is 1. The maximum atomic E-state index is 13.8. The molecule has 0 atom stereocenters. The van der Waals surface area contributed by atoms with E-state index in [0.29, 0.717) is 31.8 Å². The number of amides is 2. The molecule has 6 heteroatoms. The Morgan fingerprint density at radius 2 is 1.48 bits per heavy atom. The highest BCUT2D eigenvalue weighted by Crippen LogP contribution is 2.26. The Morgan fingerprint density at radius 1 is 0.852 bits per heavy atom. The van der Waals surface area contributed by atoms with Gasteiger partial charge in [-0.1, -0.05) is 30.3 Å². The van der Waals surface area contributed by atoms with Gasteiger partial charge >= 0.3 is 0 Å². The quantitative estimate of drug-likeness (QED) is 0.821. The fraction of sp³-hybridized carbons (Fsp3) is 0.238. The third-order valence-corrected chi connectivity index (χ3v) is 4.86. The summed E-state index contributed by atoms with van der Waals surface area (Å²) in [7, 11) is 0. The van der Waals surface area contributed by atoms with Crippen LogP contribution in [0.15, 0.2) is 54.1 Å². The minimum absolute atomic E-state index is 0.0669. The van der Waals surface area contributed by atoms with Crippen molar-refractivity contribution < 1.29 is 18.7 Å². The van der Waals surface area contributed by atoms with Crippen LogP contribution in [0.5, 0.6) is 5.75 Å². The summed E-state index contributed by atoms with van der Waals surface area (Å²) in [6.45, 7) is 1.83. The molecule has 0 unspecified atom stereocenters. The summed E-state index contributed by atoms with van der Waals surface area (Å²) in [5, 5.41) is 0. The molecule has 2 amide bonds. The molecule has 1 fully saturated rings. The van der Waals surface area contributed by atoms with E-state index in [2.05, 4.69) is 0 Å². The Labute approximate surface area is 156 Å². The van der Waals surface area contributed by atoms with Crippen LogP contribution in [0.3, 0.4) is 0 Å². The lowest BCUT2D eigenvalue weighted by Crippen LogP contribution is -2.51. The average molecular weight is 366 g/mol. The average Bonchev–Trinajstić information content (AvgIpc) is 2.73. The smallest absolute Gasteiger partial charge is 0.256 e. The molecular formula is C21H19FN2O3. The molecule has 138 valence electrons. The van der Waals surface area contributed by atoms with Gasteiger partial charge in [0.05, 0.1) is 11.1 Å². The molecule has 2 aromatic carbocycles. The lowest BCUT2D eigenvalue weighted by molar-refractivity contribution is -0.128. The lowest BCUT2D eigenvalue weighted by atomic mass is 10.1. The third kappa shape index (κ3) is 3.43. The van der Waals surface area contributed by atoms with Crippen LogP contribution in [0.4, 0.5) is 4.39 Å². The number of piperazine rings is 1. The van der Waals surface area contributed by atoms with Crippen molar-refractivity contribution in [2.75, 3.05) is 32.8 Å². The summed E-state index contributed by atoms with van der Waals surface area (Å²) in [6, 6.07) is 13.5. The molecular weight excluding hydrogens is 347 g/mol. The fourth-order valence-corrected chi connectivity index (χ4v) is 3.36. The van der Waals surface area contributed by atoms with Crippen molar-refractivity contribution in [1.82, 2.24) is 9.80 Å². The highest BCUT2D eigenvalue weighted by molar-refractivity contribution is 5.99. The number of nitrogens with zero attached hydrogens (tertiary/aromatic N) is 2. The lowest BCUT2D eigenvalue weighted by Gasteiger charge is -2.35. The van der Waals surface area contributed by atoms with Crippen LogP contribution in [0.25, 0.3) is 6.08 Å². The fourth-order valence-electron chi connectivity index (χ4n) is 3.36. The zero-order valence-corrected chi connectivity index (χ0v) is 14.7. The third-order valence-electron chi connectivity index (χ3n) is 4.86. The minimum Gasteiger partial charge on any atom is -0.488 e. The molecule has 0 radical (unpaired) electrons. The van der Waals surface area contributed by atoms with E-state index < -0.39 is 5.82 Å². The Kier molecular flexibility index (Phi) is 4.62. The van der Waals surface area contributed by atoms with Crippen LogP contribution < -0.4 is 4.74 Å². The second kappa shape index (κ2) is 7.23. The van der Waals surface area contributed by atoms with Gasteiger partial charge in [-0.15, -0.1) is 0 Å². The molecule has 0 aliphatic carbocycles. The van der Waals surface area contributed by atoms with Gasteiger partial charge in [0.2, 0.25) is 0 Å². The Morgan fingerprint density at radius 3 is 2.22 bits per heavy atom. The molecule has 1 saturated heterocycles. The Balaban J connectivity index is 1.41. The number of rotatable bonds is 2. The minimum atomic E-state index is -0.524. The van der Waals surface area contributed by atoms with Crippen molar-refractivity contribution in [1.29, 1.82) is 0 Å². The second-order valence-corrected chi connectivity index (χ2v) is 6.56. The summed E-state index contributed by atoms with van der Waals surface area (Å²) in [4.78, 5) is 28.6. The molecule has 0 N–H and O–H groups in total. The van der Waals surface area contributed by atoms with Crippen molar-refractivity contribution in [2.45, 2.75) is 0 Å². The van der Waals surface area contributed by atoms with Crippen LogP contribution in [0.2, 0.25) is 0 Å². The first-order valence-corrected chi connectivity index (χ1v) is 8.89. The van der Waals surface area contributed by atoms with Gasteiger partial charge in [0.25, 0.3) is 11.8 Å². The summed E-state index contributed by atoms with van der Waals surface area (Å²) in [5.74, 6) is -0.171. The molecule has 4 rings (SSSR count). The Bertz CT molecular complexity index is 917. The number of carbonyl (C=O) groups excluding carboxylic acids is 2. The molecule has 0 bridgehead atoms. The van der Waals surface area contributed by atoms with E-state index in [0.717, 1.165) is 11.3 Å². The summed E-state index contributed by atoms with van der Waals surface area (Å²) < 4.78 is 19.5. The standard InChI is InChI=1S/C21H19FN2O3/c22-18-7-3-2-6-17(18)21(26)24-11-9-23(10-12-24)20(25)16-13-15-5-1-4-8-19(15)27-14-16/h1-8,13H,9-12,14H2. The van der Waals surface area contributed by atoms with Crippen LogP contribution in [0, 0.1) is 5.82 Å². The number of fused-ring (bicyclic) bond motifs is 1. The van der Waals surface area contributed by atoms with Crippen molar-refractivity contribution in [2.24, 2.45) is 0 Å². The first-order valence-electron chi connectivity index (χ1n) is 8.89. The van der Waals surface area contributed by atoms with Gasteiger partial charge in [-0.2, -0.15) is 0 Å². The van der Waals surface area contributed by atoms with Gasteiger partial charge in [-0.3, -0.25) is 9.59 Å². The molecule has 2 aliphatic heterocycles. The summed E-state index contributed by atoms with van der Waals surface area (Å²) in [6.07, 6.45) is 1.86. The van der Waals surface area contributed by atoms with Gasteiger partial charge in [0, 0.05) is 31.7 Å². The zero-order chi connectivity index (χ0) is 18.8. The highest BCUT2D eigenvalue weighted by Gasteiger charge is 2.28. The zero-order valence-electron chi connectivity index (χ0n) is 14.7. The van der Waals surface area contributed by atoms with E-state index in [1.165, 1.54) is 12.1 Å². The van der Waals surface area contributed by atoms with Crippen LogP contribution in [-0.2, 0) is 4.79 Å².